The minimum absolute atomic E-state index is 0.0548. The molecule has 162 valence electrons. The van der Waals surface area contributed by atoms with Crippen molar-refractivity contribution < 1.29 is 32.2 Å². The van der Waals surface area contributed by atoms with Crippen molar-refractivity contribution >= 4 is 43.3 Å². The van der Waals surface area contributed by atoms with E-state index in [4.69, 9.17) is 14.2 Å². The van der Waals surface area contributed by atoms with Crippen molar-refractivity contribution in [1.29, 1.82) is 0 Å². The van der Waals surface area contributed by atoms with Gasteiger partial charge in [0.2, 0.25) is 6.79 Å². The number of aryl methyl sites for hydroxylation is 1. The number of ether oxygens (including phenoxy) is 3. The second kappa shape index (κ2) is 8.52. The Morgan fingerprint density at radius 2 is 1.87 bits per heavy atom. The van der Waals surface area contributed by atoms with Gasteiger partial charge in [0, 0.05) is 18.7 Å². The molecule has 1 aliphatic heterocycles. The largest absolute Gasteiger partial charge is 0.469 e. The Morgan fingerprint density at radius 3 is 2.58 bits per heavy atom. The van der Waals surface area contributed by atoms with Crippen LogP contribution in [-0.2, 0) is 30.7 Å². The molecule has 2 aromatic carbocycles. The van der Waals surface area contributed by atoms with E-state index >= 15 is 0 Å². The van der Waals surface area contributed by atoms with Gasteiger partial charge in [0.15, 0.2) is 26.1 Å². The van der Waals surface area contributed by atoms with Gasteiger partial charge >= 0.3 is 5.97 Å². The van der Waals surface area contributed by atoms with Gasteiger partial charge in [-0.3, -0.25) is 9.59 Å². The molecule has 1 aliphatic rings. The number of benzene rings is 2. The van der Waals surface area contributed by atoms with E-state index in [1.165, 1.54) is 30.6 Å². The summed E-state index contributed by atoms with van der Waals surface area (Å²) in [5.74, 6) is -0.871. The van der Waals surface area contributed by atoms with Crippen LogP contribution in [-0.4, -0.2) is 44.5 Å². The maximum absolute atomic E-state index is 12.5. The van der Waals surface area contributed by atoms with E-state index in [9.17, 15) is 18.0 Å². The second-order valence-corrected chi connectivity index (χ2v) is 9.61. The van der Waals surface area contributed by atoms with Crippen LogP contribution in [0.4, 0.5) is 0 Å². The van der Waals surface area contributed by atoms with Crippen LogP contribution < -0.4 is 14.3 Å². The van der Waals surface area contributed by atoms with E-state index in [0.29, 0.717) is 17.0 Å². The molecule has 3 aromatic rings. The van der Waals surface area contributed by atoms with Gasteiger partial charge < -0.3 is 18.8 Å². The molecule has 31 heavy (non-hydrogen) atoms. The molecule has 1 aromatic heterocycles. The number of hydrogen-bond acceptors (Lipinski definition) is 8. The molecular weight excluding hydrogens is 444 g/mol. The molecule has 0 atom stereocenters. The van der Waals surface area contributed by atoms with Crippen molar-refractivity contribution in [2.24, 2.45) is 4.99 Å². The minimum atomic E-state index is -3.82. The summed E-state index contributed by atoms with van der Waals surface area (Å²) < 4.78 is 42.9. The highest BCUT2D eigenvalue weighted by atomic mass is 32.2. The maximum atomic E-state index is 12.5. The van der Waals surface area contributed by atoms with E-state index < -0.39 is 27.5 Å². The van der Waals surface area contributed by atoms with Gasteiger partial charge in [0.1, 0.15) is 5.75 Å². The Hall–Kier alpha value is -3.18. The van der Waals surface area contributed by atoms with Gasteiger partial charge in [-0.15, -0.1) is 0 Å². The number of esters is 1. The number of methoxy groups -OCH3 is 1. The molecule has 0 bridgehead atoms. The Kier molecular flexibility index (Phi) is 5.79. The van der Waals surface area contributed by atoms with Gasteiger partial charge in [-0.1, -0.05) is 29.5 Å². The molecule has 4 rings (SSSR count). The van der Waals surface area contributed by atoms with Crippen molar-refractivity contribution in [2.45, 2.75) is 17.9 Å². The Labute approximate surface area is 181 Å². The third-order valence-corrected chi connectivity index (χ3v) is 7.24. The summed E-state index contributed by atoms with van der Waals surface area (Å²) in [5, 5.41) is 0. The van der Waals surface area contributed by atoms with Crippen LogP contribution in [0.15, 0.2) is 52.4 Å². The van der Waals surface area contributed by atoms with Gasteiger partial charge in [-0.05, 0) is 12.1 Å². The van der Waals surface area contributed by atoms with E-state index in [-0.39, 0.29) is 29.5 Å². The van der Waals surface area contributed by atoms with Gasteiger partial charge in [0.05, 0.1) is 28.6 Å². The van der Waals surface area contributed by atoms with Crippen LogP contribution in [0.2, 0.25) is 0 Å². The minimum Gasteiger partial charge on any atom is -0.469 e. The van der Waals surface area contributed by atoms with E-state index in [1.54, 1.807) is 34.9 Å². The van der Waals surface area contributed by atoms with Crippen LogP contribution in [0.3, 0.4) is 0 Å². The zero-order valence-corrected chi connectivity index (χ0v) is 18.1. The van der Waals surface area contributed by atoms with Crippen molar-refractivity contribution in [3.63, 3.8) is 0 Å². The highest BCUT2D eigenvalue weighted by molar-refractivity contribution is 7.92. The second-order valence-electron chi connectivity index (χ2n) is 6.61. The molecule has 2 heterocycles. The number of hydrogen-bond donors (Lipinski definition) is 0. The number of carbonyl (C=O) groups is 2. The standard InChI is InChI=1S/C20H18N2O7S2/c1-27-19(24)7-8-22-14-9-15-16(29-12-28-15)10-17(14)30-20(22)21-18(23)11-31(25,26)13-5-3-2-4-6-13/h2-6,9-10H,7-8,11-12H2,1H3. The summed E-state index contributed by atoms with van der Waals surface area (Å²) >= 11 is 1.19. The Balaban J connectivity index is 1.72. The third-order valence-electron chi connectivity index (χ3n) is 4.58. The number of carbonyl (C=O) groups excluding carboxylic acids is 2. The third kappa shape index (κ3) is 4.47. The van der Waals surface area contributed by atoms with Crippen LogP contribution >= 0.6 is 11.3 Å². The van der Waals surface area contributed by atoms with Crippen LogP contribution in [0.5, 0.6) is 11.5 Å². The molecule has 0 saturated heterocycles. The average Bonchev–Trinajstić information content (AvgIpc) is 3.33. The van der Waals surface area contributed by atoms with Crippen molar-refractivity contribution in [1.82, 2.24) is 4.57 Å². The normalized spacial score (nSPS) is 13.5. The number of sulfone groups is 1. The number of nitrogens with zero attached hydrogens (tertiary/aromatic N) is 2. The van der Waals surface area contributed by atoms with Crippen molar-refractivity contribution in [3.05, 3.63) is 47.3 Å². The lowest BCUT2D eigenvalue weighted by Gasteiger charge is -2.05. The number of aromatic nitrogens is 1. The summed E-state index contributed by atoms with van der Waals surface area (Å²) in [4.78, 5) is 28.6. The summed E-state index contributed by atoms with van der Waals surface area (Å²) in [5.41, 5.74) is 0.690. The lowest BCUT2D eigenvalue weighted by atomic mass is 10.3. The first kappa shape index (κ1) is 21.1. The maximum Gasteiger partial charge on any atom is 0.307 e. The van der Waals surface area contributed by atoms with Crippen LogP contribution in [0.1, 0.15) is 6.42 Å². The molecule has 1 amide bonds. The molecule has 0 aliphatic carbocycles. The summed E-state index contributed by atoms with van der Waals surface area (Å²) in [6.45, 7) is 0.311. The van der Waals surface area contributed by atoms with Gasteiger partial charge in [-0.2, -0.15) is 4.99 Å². The van der Waals surface area contributed by atoms with Gasteiger partial charge in [0.25, 0.3) is 5.91 Å². The molecule has 0 unspecified atom stereocenters. The fourth-order valence-corrected chi connectivity index (χ4v) is 5.29. The number of rotatable bonds is 6. The van der Waals surface area contributed by atoms with Crippen LogP contribution in [0, 0.1) is 0 Å². The number of amides is 1. The lowest BCUT2D eigenvalue weighted by molar-refractivity contribution is -0.140. The van der Waals surface area contributed by atoms with E-state index in [0.717, 1.165) is 4.70 Å². The number of thiazole rings is 1. The zero-order chi connectivity index (χ0) is 22.0. The summed E-state index contributed by atoms with van der Waals surface area (Å²) in [7, 11) is -2.53. The topological polar surface area (TPSA) is 113 Å². The highest BCUT2D eigenvalue weighted by Crippen LogP contribution is 2.37. The van der Waals surface area contributed by atoms with Crippen molar-refractivity contribution in [2.75, 3.05) is 19.7 Å². The van der Waals surface area contributed by atoms with Crippen molar-refractivity contribution in [3.8, 4) is 11.5 Å². The molecule has 0 spiro atoms. The van der Waals surface area contributed by atoms with E-state index in [1.807, 2.05) is 0 Å². The predicted octanol–water partition coefficient (Wildman–Crippen LogP) is 1.90. The quantitative estimate of drug-likeness (QED) is 0.514. The molecule has 11 heteroatoms. The first-order chi connectivity index (χ1) is 14.9. The molecule has 0 radical (unpaired) electrons. The number of fused-ring (bicyclic) bond motifs is 2. The molecular formula is C20H18N2O7S2. The molecule has 0 N–H and O–H groups in total. The van der Waals surface area contributed by atoms with Crippen LogP contribution in [0.25, 0.3) is 10.2 Å². The first-order valence-corrected chi connectivity index (χ1v) is 11.7. The highest BCUT2D eigenvalue weighted by Gasteiger charge is 2.21. The average molecular weight is 463 g/mol. The fourth-order valence-electron chi connectivity index (χ4n) is 3.08. The summed E-state index contributed by atoms with van der Waals surface area (Å²) in [6, 6.07) is 11.2. The summed E-state index contributed by atoms with van der Waals surface area (Å²) in [6.07, 6.45) is 0.0560. The Bertz CT molecular complexity index is 1320. The fraction of sp³-hybridized carbons (Fsp3) is 0.250. The predicted molar refractivity (Wildman–Crippen MR) is 112 cm³/mol. The molecule has 0 saturated carbocycles. The van der Waals surface area contributed by atoms with E-state index in [2.05, 4.69) is 4.99 Å². The van der Waals surface area contributed by atoms with Gasteiger partial charge in [-0.25, -0.2) is 8.42 Å². The first-order valence-electron chi connectivity index (χ1n) is 9.22. The SMILES string of the molecule is COC(=O)CCn1c(=NC(=O)CS(=O)(=O)c2ccccc2)sc2cc3c(cc21)OCO3. The zero-order valence-electron chi connectivity index (χ0n) is 16.4. The lowest BCUT2D eigenvalue weighted by Crippen LogP contribution is -2.22. The molecule has 9 nitrogen and oxygen atoms in total. The molecule has 0 fully saturated rings. The monoisotopic (exact) mass is 462 g/mol. The smallest absolute Gasteiger partial charge is 0.307 e. The Morgan fingerprint density at radius 1 is 1.16 bits per heavy atom.